The van der Waals surface area contributed by atoms with Gasteiger partial charge in [0.1, 0.15) is 11.4 Å². The molecule has 4 nitrogen and oxygen atoms in total. The molecule has 0 aliphatic carbocycles. The Bertz CT molecular complexity index is 475. The van der Waals surface area contributed by atoms with Crippen LogP contribution in [0.3, 0.4) is 0 Å². The molecule has 0 spiro atoms. The number of halogens is 1. The topological polar surface area (TPSA) is 58.6 Å². The molecule has 1 rings (SSSR count). The van der Waals surface area contributed by atoms with Gasteiger partial charge in [-0.3, -0.25) is 0 Å². The Morgan fingerprint density at radius 1 is 1.26 bits per heavy atom. The van der Waals surface area contributed by atoms with Gasteiger partial charge in [0.05, 0.1) is 7.11 Å². The minimum atomic E-state index is -0.913. The summed E-state index contributed by atoms with van der Waals surface area (Å²) >= 11 is 0. The minimum Gasteiger partial charge on any atom is -0.467 e. The third-order valence-corrected chi connectivity index (χ3v) is 3.31. The highest BCUT2D eigenvalue weighted by molar-refractivity contribution is 5.83. The summed E-state index contributed by atoms with van der Waals surface area (Å²) in [5, 5.41) is 11.7. The number of aliphatic hydroxyl groups is 1. The van der Waals surface area contributed by atoms with Gasteiger partial charge in [0.2, 0.25) is 0 Å². The van der Waals surface area contributed by atoms with Crippen LogP contribution in [0.25, 0.3) is 0 Å². The Hall–Kier alpha value is -1.62. The fourth-order valence-corrected chi connectivity index (χ4v) is 2.10. The second kappa shape index (κ2) is 11.0. The van der Waals surface area contributed by atoms with Crippen molar-refractivity contribution < 1.29 is 19.0 Å². The number of anilines is 1. The van der Waals surface area contributed by atoms with Crippen LogP contribution < -0.4 is 5.32 Å². The zero-order valence-electron chi connectivity index (χ0n) is 14.9. The van der Waals surface area contributed by atoms with Crippen LogP contribution in [0.1, 0.15) is 52.5 Å². The van der Waals surface area contributed by atoms with E-state index in [9.17, 15) is 9.18 Å². The Balaban J connectivity index is 0.00000232. The van der Waals surface area contributed by atoms with E-state index in [2.05, 4.69) is 5.32 Å². The normalized spacial score (nSPS) is 10.6. The van der Waals surface area contributed by atoms with Gasteiger partial charge >= 0.3 is 5.97 Å². The lowest BCUT2D eigenvalue weighted by atomic mass is 10.0. The summed E-state index contributed by atoms with van der Waals surface area (Å²) in [4.78, 5) is 11.6. The molecule has 0 bridgehead atoms. The quantitative estimate of drug-likeness (QED) is 0.561. The van der Waals surface area contributed by atoms with Crippen molar-refractivity contribution in [3.05, 3.63) is 29.6 Å². The van der Waals surface area contributed by atoms with E-state index >= 15 is 0 Å². The van der Waals surface area contributed by atoms with E-state index in [1.807, 2.05) is 13.8 Å². The molecule has 0 saturated heterocycles. The third-order valence-electron chi connectivity index (χ3n) is 3.31. The number of benzene rings is 1. The molecule has 0 aliphatic rings. The maximum atomic E-state index is 14.0. The molecule has 0 heterocycles. The monoisotopic (exact) mass is 327 g/mol. The highest BCUT2D eigenvalue weighted by atomic mass is 19.1. The van der Waals surface area contributed by atoms with Crippen molar-refractivity contribution in [2.24, 2.45) is 0 Å². The van der Waals surface area contributed by atoms with Gasteiger partial charge in [-0.25, -0.2) is 9.18 Å². The average Bonchev–Trinajstić information content (AvgIpc) is 2.54. The SMILES string of the molecule is CC.COC(=O)C(C)(C)Nc1ccc(CCCCCO)c(F)c1. The predicted molar refractivity (Wildman–Crippen MR) is 92.1 cm³/mol. The molecule has 1 aromatic carbocycles. The van der Waals surface area contributed by atoms with Crippen molar-refractivity contribution in [1.29, 1.82) is 0 Å². The maximum Gasteiger partial charge on any atom is 0.330 e. The third kappa shape index (κ3) is 7.46. The van der Waals surface area contributed by atoms with E-state index in [0.717, 1.165) is 19.3 Å². The largest absolute Gasteiger partial charge is 0.467 e. The van der Waals surface area contributed by atoms with Crippen LogP contribution in [0.15, 0.2) is 18.2 Å². The van der Waals surface area contributed by atoms with Crippen molar-refractivity contribution in [2.75, 3.05) is 19.0 Å². The van der Waals surface area contributed by atoms with Crippen molar-refractivity contribution in [3.8, 4) is 0 Å². The number of nitrogens with one attached hydrogen (secondary N) is 1. The zero-order valence-corrected chi connectivity index (χ0v) is 14.9. The first-order valence-corrected chi connectivity index (χ1v) is 8.16. The second-order valence-electron chi connectivity index (χ2n) is 5.58. The van der Waals surface area contributed by atoms with Crippen molar-refractivity contribution in [2.45, 2.75) is 58.9 Å². The van der Waals surface area contributed by atoms with E-state index in [0.29, 0.717) is 17.7 Å². The average molecular weight is 327 g/mol. The number of methoxy groups -OCH3 is 1. The molecule has 1 aromatic rings. The molecule has 0 fully saturated rings. The molecular weight excluding hydrogens is 297 g/mol. The molecule has 2 N–H and O–H groups in total. The number of aryl methyl sites for hydroxylation is 1. The fourth-order valence-electron chi connectivity index (χ4n) is 2.10. The highest BCUT2D eigenvalue weighted by Gasteiger charge is 2.28. The van der Waals surface area contributed by atoms with Crippen LogP contribution in [0, 0.1) is 5.82 Å². The number of carbonyl (C=O) groups excluding carboxylic acids is 1. The molecule has 0 amide bonds. The molecular formula is C18H30FNO3. The summed E-state index contributed by atoms with van der Waals surface area (Å²) in [6, 6.07) is 4.88. The van der Waals surface area contributed by atoms with E-state index in [1.165, 1.54) is 13.2 Å². The summed E-state index contributed by atoms with van der Waals surface area (Å²) in [5.41, 5.74) is 0.278. The number of unbranched alkanes of at least 4 members (excludes halogenated alkanes) is 2. The van der Waals surface area contributed by atoms with Gasteiger partial charge in [-0.1, -0.05) is 26.3 Å². The number of rotatable bonds is 8. The molecule has 0 radical (unpaired) electrons. The van der Waals surface area contributed by atoms with Gasteiger partial charge in [0.25, 0.3) is 0 Å². The fraction of sp³-hybridized carbons (Fsp3) is 0.611. The summed E-state index contributed by atoms with van der Waals surface area (Å²) in [6.45, 7) is 7.53. The van der Waals surface area contributed by atoms with Crippen LogP contribution in [0.2, 0.25) is 0 Å². The van der Waals surface area contributed by atoms with Gasteiger partial charge in [0, 0.05) is 12.3 Å². The smallest absolute Gasteiger partial charge is 0.330 e. The van der Waals surface area contributed by atoms with Crippen LogP contribution in [0.5, 0.6) is 0 Å². The van der Waals surface area contributed by atoms with E-state index in [4.69, 9.17) is 9.84 Å². The molecule has 0 atom stereocenters. The minimum absolute atomic E-state index is 0.175. The predicted octanol–water partition coefficient (Wildman–Crippen LogP) is 3.92. The lowest BCUT2D eigenvalue weighted by Crippen LogP contribution is -2.41. The van der Waals surface area contributed by atoms with Gasteiger partial charge < -0.3 is 15.2 Å². The number of ether oxygens (including phenoxy) is 1. The molecule has 132 valence electrons. The zero-order chi connectivity index (χ0) is 17.9. The van der Waals surface area contributed by atoms with Crippen LogP contribution >= 0.6 is 0 Å². The summed E-state index contributed by atoms with van der Waals surface area (Å²) in [5.74, 6) is -0.694. The molecule has 0 aromatic heterocycles. The van der Waals surface area contributed by atoms with Crippen LogP contribution in [-0.4, -0.2) is 30.3 Å². The lowest BCUT2D eigenvalue weighted by molar-refractivity contribution is -0.144. The van der Waals surface area contributed by atoms with Crippen molar-refractivity contribution in [1.82, 2.24) is 0 Å². The lowest BCUT2D eigenvalue weighted by Gasteiger charge is -2.24. The standard InChI is InChI=1S/C16H24FNO3.C2H6/c1-16(2,15(20)21-3)18-13-9-8-12(14(17)11-13)7-5-4-6-10-19;1-2/h8-9,11,18-19H,4-7,10H2,1-3H3;1-2H3. The number of hydrogen-bond donors (Lipinski definition) is 2. The molecule has 0 unspecified atom stereocenters. The summed E-state index contributed by atoms with van der Waals surface area (Å²) in [6.07, 6.45) is 3.12. The Kier molecular flexibility index (Phi) is 10.2. The number of carbonyl (C=O) groups is 1. The van der Waals surface area contributed by atoms with E-state index in [1.54, 1.807) is 26.0 Å². The first-order chi connectivity index (χ1) is 10.9. The Morgan fingerprint density at radius 2 is 1.91 bits per heavy atom. The van der Waals surface area contributed by atoms with Crippen LogP contribution in [-0.2, 0) is 16.0 Å². The molecule has 0 saturated carbocycles. The van der Waals surface area contributed by atoms with Gasteiger partial charge in [-0.15, -0.1) is 0 Å². The highest BCUT2D eigenvalue weighted by Crippen LogP contribution is 2.21. The summed E-state index contributed by atoms with van der Waals surface area (Å²) < 4.78 is 18.7. The van der Waals surface area contributed by atoms with E-state index < -0.39 is 11.5 Å². The van der Waals surface area contributed by atoms with Crippen molar-refractivity contribution >= 4 is 11.7 Å². The molecule has 0 aliphatic heterocycles. The van der Waals surface area contributed by atoms with E-state index in [-0.39, 0.29) is 12.4 Å². The number of aliphatic hydroxyl groups excluding tert-OH is 1. The maximum absolute atomic E-state index is 14.0. The molecule has 23 heavy (non-hydrogen) atoms. The summed E-state index contributed by atoms with van der Waals surface area (Å²) in [7, 11) is 1.32. The first kappa shape index (κ1) is 21.4. The Morgan fingerprint density at radius 3 is 2.43 bits per heavy atom. The second-order valence-corrected chi connectivity index (χ2v) is 5.58. The van der Waals surface area contributed by atoms with Gasteiger partial charge in [0.15, 0.2) is 0 Å². The van der Waals surface area contributed by atoms with Crippen molar-refractivity contribution in [3.63, 3.8) is 0 Å². The van der Waals surface area contributed by atoms with Gasteiger partial charge in [-0.05, 0) is 50.8 Å². The Labute approximate surface area is 139 Å². The van der Waals surface area contributed by atoms with Crippen LogP contribution in [0.4, 0.5) is 10.1 Å². The molecule has 5 heteroatoms. The number of hydrogen-bond acceptors (Lipinski definition) is 4. The first-order valence-electron chi connectivity index (χ1n) is 8.16. The van der Waals surface area contributed by atoms with Gasteiger partial charge in [-0.2, -0.15) is 0 Å². The number of esters is 1.